The predicted octanol–water partition coefficient (Wildman–Crippen LogP) is 4.31. The van der Waals surface area contributed by atoms with Crippen molar-refractivity contribution in [2.24, 2.45) is 11.3 Å². The van der Waals surface area contributed by atoms with E-state index < -0.39 is 0 Å². The van der Waals surface area contributed by atoms with Crippen LogP contribution >= 0.6 is 0 Å². The van der Waals surface area contributed by atoms with Crippen LogP contribution in [0.15, 0.2) is 30.5 Å². The van der Waals surface area contributed by atoms with Crippen molar-refractivity contribution in [3.63, 3.8) is 0 Å². The van der Waals surface area contributed by atoms with E-state index in [1.807, 2.05) is 6.07 Å². The van der Waals surface area contributed by atoms with Gasteiger partial charge in [-0.2, -0.15) is 0 Å². The summed E-state index contributed by atoms with van der Waals surface area (Å²) in [6, 6.07) is 7.26. The lowest BCUT2D eigenvalue weighted by Gasteiger charge is -2.46. The molecule has 3 fully saturated rings. The third-order valence-electron chi connectivity index (χ3n) is 8.15. The summed E-state index contributed by atoms with van der Waals surface area (Å²) in [6.45, 7) is 9.12. The van der Waals surface area contributed by atoms with Gasteiger partial charge in [0.25, 0.3) is 5.91 Å². The zero-order valence-corrected chi connectivity index (χ0v) is 19.6. The quantitative estimate of drug-likeness (QED) is 0.724. The summed E-state index contributed by atoms with van der Waals surface area (Å²) in [5.41, 5.74) is 4.42. The van der Waals surface area contributed by atoms with Gasteiger partial charge in [-0.3, -0.25) is 9.59 Å². The van der Waals surface area contributed by atoms with Gasteiger partial charge in [-0.25, -0.2) is 0 Å². The molecule has 5 rings (SSSR count). The van der Waals surface area contributed by atoms with Crippen molar-refractivity contribution in [1.82, 2.24) is 15.5 Å². The molecule has 1 aromatic rings. The van der Waals surface area contributed by atoms with E-state index in [4.69, 9.17) is 0 Å². The van der Waals surface area contributed by atoms with E-state index in [0.29, 0.717) is 36.4 Å². The second-order valence-corrected chi connectivity index (χ2v) is 11.4. The number of hydrogen-bond donors (Lipinski definition) is 2. The van der Waals surface area contributed by atoms with Crippen molar-refractivity contribution >= 4 is 11.8 Å². The van der Waals surface area contributed by atoms with Crippen LogP contribution in [0.1, 0.15) is 86.7 Å². The van der Waals surface area contributed by atoms with E-state index >= 15 is 0 Å². The summed E-state index contributed by atoms with van der Waals surface area (Å²) >= 11 is 0. The fourth-order valence-corrected chi connectivity index (χ4v) is 6.50. The Hall–Kier alpha value is -2.14. The first kappa shape index (κ1) is 21.7. The minimum absolute atomic E-state index is 0.0102. The topological polar surface area (TPSA) is 61.4 Å². The fourth-order valence-electron chi connectivity index (χ4n) is 6.50. The maximum Gasteiger partial charge on any atom is 0.255 e. The molecule has 32 heavy (non-hydrogen) atoms. The zero-order chi connectivity index (χ0) is 22.5. The average Bonchev–Trinajstić information content (AvgIpc) is 3.04. The van der Waals surface area contributed by atoms with Gasteiger partial charge in [0, 0.05) is 29.9 Å². The predicted molar refractivity (Wildman–Crippen MR) is 126 cm³/mol. The number of hydrogen-bond acceptors (Lipinski definition) is 3. The van der Waals surface area contributed by atoms with E-state index in [1.54, 1.807) is 4.90 Å². The number of amides is 2. The Morgan fingerprint density at radius 3 is 2.69 bits per heavy atom. The van der Waals surface area contributed by atoms with E-state index in [9.17, 15) is 9.59 Å². The van der Waals surface area contributed by atoms with Crippen LogP contribution in [0.3, 0.4) is 0 Å². The van der Waals surface area contributed by atoms with E-state index in [-0.39, 0.29) is 17.9 Å². The Kier molecular flexibility index (Phi) is 5.65. The maximum absolute atomic E-state index is 13.0. The molecule has 2 aliphatic heterocycles. The largest absolute Gasteiger partial charge is 0.329 e. The van der Waals surface area contributed by atoms with Crippen LogP contribution in [0.25, 0.3) is 0 Å². The van der Waals surface area contributed by atoms with Crippen LogP contribution in [-0.4, -0.2) is 34.8 Å². The van der Waals surface area contributed by atoms with Gasteiger partial charge in [-0.05, 0) is 73.5 Å². The molecule has 2 N–H and O–H groups in total. The van der Waals surface area contributed by atoms with Crippen molar-refractivity contribution in [1.29, 1.82) is 0 Å². The molecule has 2 heterocycles. The second kappa shape index (κ2) is 8.33. The first-order valence-corrected chi connectivity index (χ1v) is 12.5. The van der Waals surface area contributed by atoms with E-state index in [1.165, 1.54) is 44.1 Å². The van der Waals surface area contributed by atoms with E-state index in [0.717, 1.165) is 29.7 Å². The molecule has 5 nitrogen and oxygen atoms in total. The minimum atomic E-state index is -0.387. The number of carbonyl (C=O) groups excluding carboxylic acids is 2. The Bertz CT molecular complexity index is 929. The van der Waals surface area contributed by atoms with Crippen molar-refractivity contribution in [2.45, 2.75) is 96.3 Å². The molecule has 0 spiro atoms. The molecule has 0 radical (unpaired) electrons. The number of carbonyl (C=O) groups is 2. The number of nitrogens with zero attached hydrogens (tertiary/aromatic N) is 1. The van der Waals surface area contributed by atoms with Gasteiger partial charge in [0.05, 0.1) is 0 Å². The molecule has 4 aliphatic rings. The molecule has 1 aromatic carbocycles. The monoisotopic (exact) mass is 435 g/mol. The van der Waals surface area contributed by atoms with Crippen molar-refractivity contribution < 1.29 is 9.59 Å². The Morgan fingerprint density at radius 2 is 1.94 bits per heavy atom. The van der Waals surface area contributed by atoms with Crippen LogP contribution in [0.4, 0.5) is 0 Å². The highest BCUT2D eigenvalue weighted by atomic mass is 16.2. The molecule has 172 valence electrons. The summed E-state index contributed by atoms with van der Waals surface area (Å²) in [4.78, 5) is 27.2. The Morgan fingerprint density at radius 1 is 1.16 bits per heavy atom. The average molecular weight is 436 g/mol. The highest BCUT2D eigenvalue weighted by molar-refractivity contribution is 6.01. The molecule has 1 saturated heterocycles. The highest BCUT2D eigenvalue weighted by Gasteiger charge is 2.40. The molecular formula is C27H37N3O2. The third-order valence-corrected chi connectivity index (χ3v) is 8.15. The first-order valence-electron chi connectivity index (χ1n) is 12.5. The Balaban J connectivity index is 1.25. The second-order valence-electron chi connectivity index (χ2n) is 11.4. The standard InChI is InChI=1S/C27H37N3O2/c1-17-8-11-24(25(31)28-17)30-16-20-13-18(9-10-22(20)26(30)32)12-19-6-4-5-7-23(19)29-21-14-27(2,3)15-21/h9-10,13,19,21,23-24,29H,1,4-8,11-12,14-16H2,2-3H3,(H,28,31)/t19-,23+,24?/m1/s1. The number of rotatable bonds is 5. The van der Waals surface area contributed by atoms with Crippen LogP contribution in [0.2, 0.25) is 0 Å². The van der Waals surface area contributed by atoms with Gasteiger partial charge >= 0.3 is 0 Å². The number of piperidine rings is 1. The van der Waals surface area contributed by atoms with Gasteiger partial charge in [0.2, 0.25) is 5.91 Å². The van der Waals surface area contributed by atoms with E-state index in [2.05, 4.69) is 43.2 Å². The number of benzene rings is 1. The van der Waals surface area contributed by atoms with Crippen LogP contribution in [-0.2, 0) is 17.8 Å². The molecule has 2 aliphatic carbocycles. The van der Waals surface area contributed by atoms with Crippen LogP contribution in [0, 0.1) is 11.3 Å². The lowest BCUT2D eigenvalue weighted by atomic mass is 9.67. The summed E-state index contributed by atoms with van der Waals surface area (Å²) in [7, 11) is 0. The normalized spacial score (nSPS) is 30.1. The number of nitrogens with one attached hydrogen (secondary N) is 2. The summed E-state index contributed by atoms with van der Waals surface area (Å²) in [6.07, 6.45) is 10.2. The minimum Gasteiger partial charge on any atom is -0.329 e. The van der Waals surface area contributed by atoms with Crippen molar-refractivity contribution in [3.8, 4) is 0 Å². The highest BCUT2D eigenvalue weighted by Crippen LogP contribution is 2.41. The van der Waals surface area contributed by atoms with Gasteiger partial charge in [0.1, 0.15) is 6.04 Å². The zero-order valence-electron chi connectivity index (χ0n) is 19.6. The smallest absolute Gasteiger partial charge is 0.255 e. The van der Waals surface area contributed by atoms with Crippen molar-refractivity contribution in [3.05, 3.63) is 47.2 Å². The van der Waals surface area contributed by atoms with Crippen LogP contribution < -0.4 is 10.6 Å². The number of fused-ring (bicyclic) bond motifs is 1. The maximum atomic E-state index is 13.0. The SMILES string of the molecule is C=C1CCC(N2Cc3cc(C[C@H]4CCCC[C@@H]4NC4CC(C)(C)C4)ccc3C2=O)C(=O)N1. The lowest BCUT2D eigenvalue weighted by molar-refractivity contribution is -0.126. The lowest BCUT2D eigenvalue weighted by Crippen LogP contribution is -2.52. The van der Waals surface area contributed by atoms with Gasteiger partial charge in [-0.15, -0.1) is 0 Å². The first-order chi connectivity index (χ1) is 15.3. The third kappa shape index (κ3) is 4.24. The van der Waals surface area contributed by atoms with Gasteiger partial charge in [-0.1, -0.05) is 45.4 Å². The molecule has 1 unspecified atom stereocenters. The molecule has 5 heteroatoms. The van der Waals surface area contributed by atoms with Gasteiger partial charge < -0.3 is 15.5 Å². The molecule has 2 amide bonds. The fraction of sp³-hybridized carbons (Fsp3) is 0.630. The summed E-state index contributed by atoms with van der Waals surface area (Å²) in [5.74, 6) is 0.552. The Labute approximate surface area is 192 Å². The van der Waals surface area contributed by atoms with Gasteiger partial charge in [0.15, 0.2) is 0 Å². The molecule has 3 atom stereocenters. The van der Waals surface area contributed by atoms with Crippen molar-refractivity contribution in [2.75, 3.05) is 0 Å². The van der Waals surface area contributed by atoms with Crippen LogP contribution in [0.5, 0.6) is 0 Å². The summed E-state index contributed by atoms with van der Waals surface area (Å²) < 4.78 is 0. The molecular weight excluding hydrogens is 398 g/mol. The number of allylic oxidation sites excluding steroid dienone is 1. The molecule has 0 bridgehead atoms. The molecule has 0 aromatic heterocycles. The summed E-state index contributed by atoms with van der Waals surface area (Å²) in [5, 5.41) is 6.81. The molecule has 2 saturated carbocycles.